The smallest absolute Gasteiger partial charge is 0.315 e. The molecule has 4 bridgehead atoms. The van der Waals surface area contributed by atoms with Crippen LogP contribution in [0.2, 0.25) is 0 Å². The summed E-state index contributed by atoms with van der Waals surface area (Å²) in [6.07, 6.45) is 8.30. The predicted molar refractivity (Wildman–Crippen MR) is 97.0 cm³/mol. The molecule has 0 spiro atoms. The summed E-state index contributed by atoms with van der Waals surface area (Å²) in [4.78, 5) is 0. The Morgan fingerprint density at radius 1 is 1.12 bits per heavy atom. The Bertz CT molecular complexity index is 565. The lowest BCUT2D eigenvalue weighted by Gasteiger charge is -2.57. The first-order chi connectivity index (χ1) is 11.6. The molecule has 1 unspecified atom stereocenters. The van der Waals surface area contributed by atoms with Crippen LogP contribution < -0.4 is 4.74 Å². The molecule has 4 fully saturated rings. The van der Waals surface area contributed by atoms with Crippen molar-refractivity contribution in [2.24, 2.45) is 17.8 Å². The zero-order valence-electron chi connectivity index (χ0n) is 14.6. The fourth-order valence-electron chi connectivity index (χ4n) is 5.85. The molecule has 4 saturated carbocycles. The highest BCUT2D eigenvalue weighted by Gasteiger charge is 2.52. The zero-order chi connectivity index (χ0) is 16.7. The highest BCUT2D eigenvalue weighted by atomic mass is 79.9. The first-order valence-electron chi connectivity index (χ1n) is 9.23. The maximum Gasteiger partial charge on any atom is 0.315 e. The van der Waals surface area contributed by atoms with E-state index in [0.717, 1.165) is 28.0 Å². The molecule has 0 N–H and O–H groups in total. The van der Waals surface area contributed by atoms with E-state index in [9.17, 15) is 0 Å². The summed E-state index contributed by atoms with van der Waals surface area (Å²) < 4.78 is 18.1. The third kappa shape index (κ3) is 3.02. The van der Waals surface area contributed by atoms with Gasteiger partial charge in [-0.2, -0.15) is 0 Å². The van der Waals surface area contributed by atoms with Crippen LogP contribution in [0.3, 0.4) is 0 Å². The van der Waals surface area contributed by atoms with Crippen LogP contribution in [-0.2, 0) is 14.9 Å². The number of hydrogen-bond acceptors (Lipinski definition) is 3. The minimum Gasteiger partial charge on any atom is -0.441 e. The average Bonchev–Trinajstić information content (AvgIpc) is 2.54. The van der Waals surface area contributed by atoms with Crippen LogP contribution in [0, 0.1) is 17.8 Å². The third-order valence-corrected chi connectivity index (χ3v) is 6.76. The normalized spacial score (nSPS) is 35.2. The average molecular weight is 395 g/mol. The van der Waals surface area contributed by atoms with Crippen molar-refractivity contribution in [1.82, 2.24) is 0 Å². The number of methoxy groups -OCH3 is 1. The Labute approximate surface area is 153 Å². The van der Waals surface area contributed by atoms with Gasteiger partial charge in [0.05, 0.1) is 6.61 Å². The summed E-state index contributed by atoms with van der Waals surface area (Å²) in [7, 11) is 1.63. The molecular weight excluding hydrogens is 368 g/mol. The minimum atomic E-state index is -0.635. The van der Waals surface area contributed by atoms with Gasteiger partial charge >= 0.3 is 6.48 Å². The first kappa shape index (κ1) is 16.9. The minimum absolute atomic E-state index is 0.290. The van der Waals surface area contributed by atoms with Crippen molar-refractivity contribution in [3.63, 3.8) is 0 Å². The first-order valence-corrected chi connectivity index (χ1v) is 10.0. The quantitative estimate of drug-likeness (QED) is 0.615. The van der Waals surface area contributed by atoms with Crippen LogP contribution in [0.25, 0.3) is 0 Å². The van der Waals surface area contributed by atoms with Crippen LogP contribution in [0.4, 0.5) is 0 Å². The number of benzene rings is 1. The molecule has 4 heteroatoms. The molecule has 132 valence electrons. The van der Waals surface area contributed by atoms with Gasteiger partial charge < -0.3 is 14.2 Å². The lowest BCUT2D eigenvalue weighted by molar-refractivity contribution is -0.231. The van der Waals surface area contributed by atoms with E-state index >= 15 is 0 Å². The van der Waals surface area contributed by atoms with E-state index in [2.05, 4.69) is 34.1 Å². The van der Waals surface area contributed by atoms with Gasteiger partial charge in [-0.1, -0.05) is 15.9 Å². The van der Waals surface area contributed by atoms with E-state index in [1.165, 1.54) is 44.1 Å². The summed E-state index contributed by atoms with van der Waals surface area (Å²) in [6.45, 7) is 1.89. The van der Waals surface area contributed by atoms with Crippen molar-refractivity contribution in [2.45, 2.75) is 57.3 Å². The van der Waals surface area contributed by atoms with Gasteiger partial charge in [0.15, 0.2) is 0 Å². The lowest BCUT2D eigenvalue weighted by Crippen LogP contribution is -2.48. The Balaban J connectivity index is 1.68. The predicted octanol–water partition coefficient (Wildman–Crippen LogP) is 5.26. The van der Waals surface area contributed by atoms with Crippen molar-refractivity contribution in [3.05, 3.63) is 28.2 Å². The largest absolute Gasteiger partial charge is 0.441 e. The van der Waals surface area contributed by atoms with Gasteiger partial charge in [0, 0.05) is 17.1 Å². The Hall–Kier alpha value is -0.580. The molecule has 0 radical (unpaired) electrons. The van der Waals surface area contributed by atoms with Gasteiger partial charge in [-0.25, -0.2) is 0 Å². The van der Waals surface area contributed by atoms with E-state index in [-0.39, 0.29) is 0 Å². The summed E-state index contributed by atoms with van der Waals surface area (Å²) in [5, 5.41) is 0. The van der Waals surface area contributed by atoms with Crippen molar-refractivity contribution in [3.8, 4) is 5.75 Å². The Morgan fingerprint density at radius 2 is 1.75 bits per heavy atom. The number of hydrogen-bond donors (Lipinski definition) is 0. The van der Waals surface area contributed by atoms with Crippen molar-refractivity contribution < 1.29 is 14.2 Å². The van der Waals surface area contributed by atoms with Crippen LogP contribution in [0.1, 0.15) is 51.0 Å². The molecule has 4 aliphatic rings. The highest BCUT2D eigenvalue weighted by Crippen LogP contribution is 2.62. The fourth-order valence-corrected chi connectivity index (χ4v) is 6.21. The third-order valence-electron chi connectivity index (χ3n) is 6.27. The zero-order valence-corrected chi connectivity index (χ0v) is 16.2. The number of halogens is 1. The van der Waals surface area contributed by atoms with Gasteiger partial charge in [0.25, 0.3) is 0 Å². The van der Waals surface area contributed by atoms with Gasteiger partial charge in [-0.15, -0.1) is 0 Å². The molecule has 0 heterocycles. The van der Waals surface area contributed by atoms with Crippen LogP contribution in [0.15, 0.2) is 22.7 Å². The van der Waals surface area contributed by atoms with E-state index in [4.69, 9.17) is 14.2 Å². The summed E-state index contributed by atoms with van der Waals surface area (Å²) in [6, 6.07) is 6.40. The standard InChI is InChI=1S/C20H27BrO3/c1-3-23-19(22-2)24-18-5-4-16(21)9-17(18)20-10-13-6-14(11-20)8-15(7-13)12-20/h4-5,9,13-15,19H,3,6-8,10-12H2,1-2H3. The highest BCUT2D eigenvalue weighted by molar-refractivity contribution is 9.10. The Kier molecular flexibility index (Phi) is 4.65. The van der Waals surface area contributed by atoms with Crippen molar-refractivity contribution in [1.29, 1.82) is 0 Å². The fraction of sp³-hybridized carbons (Fsp3) is 0.700. The molecule has 24 heavy (non-hydrogen) atoms. The van der Waals surface area contributed by atoms with Crippen LogP contribution in [0.5, 0.6) is 5.75 Å². The monoisotopic (exact) mass is 394 g/mol. The van der Waals surface area contributed by atoms with Gasteiger partial charge in [0.2, 0.25) is 0 Å². The molecule has 0 aliphatic heterocycles. The van der Waals surface area contributed by atoms with Crippen molar-refractivity contribution in [2.75, 3.05) is 13.7 Å². The summed E-state index contributed by atoms with van der Waals surface area (Å²) in [5.41, 5.74) is 1.65. The summed E-state index contributed by atoms with van der Waals surface area (Å²) in [5.74, 6) is 3.66. The second kappa shape index (κ2) is 6.62. The van der Waals surface area contributed by atoms with E-state index in [1.807, 2.05) is 6.92 Å². The van der Waals surface area contributed by atoms with Crippen LogP contribution in [-0.4, -0.2) is 20.2 Å². The van der Waals surface area contributed by atoms with E-state index in [1.54, 1.807) is 7.11 Å². The molecule has 4 aliphatic carbocycles. The molecule has 1 aromatic carbocycles. The van der Waals surface area contributed by atoms with E-state index < -0.39 is 6.48 Å². The molecule has 3 nitrogen and oxygen atoms in total. The van der Waals surface area contributed by atoms with Crippen LogP contribution >= 0.6 is 15.9 Å². The lowest BCUT2D eigenvalue weighted by atomic mass is 9.48. The second-order valence-corrected chi connectivity index (χ2v) is 8.85. The second-order valence-electron chi connectivity index (χ2n) is 7.94. The molecular formula is C20H27BrO3. The molecule has 0 aromatic heterocycles. The number of ether oxygens (including phenoxy) is 3. The Morgan fingerprint density at radius 3 is 2.29 bits per heavy atom. The molecule has 5 rings (SSSR count). The maximum atomic E-state index is 6.11. The molecule has 0 amide bonds. The molecule has 1 aromatic rings. The van der Waals surface area contributed by atoms with Gasteiger partial charge in [0.1, 0.15) is 5.75 Å². The molecule has 0 saturated heterocycles. The number of rotatable bonds is 6. The maximum absolute atomic E-state index is 6.11. The topological polar surface area (TPSA) is 27.7 Å². The summed E-state index contributed by atoms with van der Waals surface area (Å²) >= 11 is 3.67. The van der Waals surface area contributed by atoms with E-state index in [0.29, 0.717) is 12.0 Å². The molecule has 1 atom stereocenters. The van der Waals surface area contributed by atoms with Crippen molar-refractivity contribution >= 4 is 15.9 Å². The SMILES string of the molecule is CCOC(OC)Oc1ccc(Br)cc1C12CC3CC(CC(C3)C1)C2. The van der Waals surface area contributed by atoms with Gasteiger partial charge in [-0.3, -0.25) is 0 Å². The van der Waals surface area contributed by atoms with Gasteiger partial charge in [-0.05, 0) is 86.8 Å².